The normalized spacial score (nSPS) is 13.4. The third-order valence-corrected chi connectivity index (χ3v) is 4.60. The molecule has 0 saturated carbocycles. The lowest BCUT2D eigenvalue weighted by atomic mass is 9.90. The van der Waals surface area contributed by atoms with Crippen LogP contribution < -0.4 is 0 Å². The van der Waals surface area contributed by atoms with Crippen molar-refractivity contribution in [2.75, 3.05) is 0 Å². The SMILES string of the molecule is C#Cc1cccc(C2=CC(=O)C(c3ccc(O)cc3)=C2c2ccccc2)c1. The van der Waals surface area contributed by atoms with E-state index in [1.54, 1.807) is 30.3 Å². The van der Waals surface area contributed by atoms with Crippen LogP contribution in [-0.4, -0.2) is 10.9 Å². The highest BCUT2D eigenvalue weighted by Gasteiger charge is 2.27. The molecule has 0 bridgehead atoms. The van der Waals surface area contributed by atoms with Gasteiger partial charge in [0.05, 0.1) is 0 Å². The van der Waals surface area contributed by atoms with Gasteiger partial charge in [0.25, 0.3) is 0 Å². The van der Waals surface area contributed by atoms with Crippen LogP contribution in [0.5, 0.6) is 5.75 Å². The zero-order chi connectivity index (χ0) is 18.8. The Morgan fingerprint density at radius 2 is 1.41 bits per heavy atom. The van der Waals surface area contributed by atoms with E-state index < -0.39 is 0 Å². The molecule has 1 N–H and O–H groups in total. The van der Waals surface area contributed by atoms with E-state index in [-0.39, 0.29) is 11.5 Å². The number of ketones is 1. The molecule has 128 valence electrons. The quantitative estimate of drug-likeness (QED) is 0.680. The number of phenolic OH excluding ortho intramolecular Hbond substituents is 1. The fourth-order valence-corrected chi connectivity index (χ4v) is 3.36. The first-order chi connectivity index (χ1) is 13.2. The largest absolute Gasteiger partial charge is 0.508 e. The summed E-state index contributed by atoms with van der Waals surface area (Å²) in [5.41, 5.74) is 5.77. The highest BCUT2D eigenvalue weighted by molar-refractivity contribution is 6.45. The Balaban J connectivity index is 1.96. The molecule has 0 saturated heterocycles. The molecule has 4 rings (SSSR count). The Hall–Kier alpha value is -3.83. The van der Waals surface area contributed by atoms with E-state index in [1.165, 1.54) is 0 Å². The van der Waals surface area contributed by atoms with Crippen molar-refractivity contribution in [3.05, 3.63) is 107 Å². The average molecular weight is 348 g/mol. The summed E-state index contributed by atoms with van der Waals surface area (Å²) in [5.74, 6) is 2.76. The molecule has 1 aliphatic carbocycles. The molecule has 0 radical (unpaired) electrons. The first-order valence-electron chi connectivity index (χ1n) is 8.60. The summed E-state index contributed by atoms with van der Waals surface area (Å²) in [7, 11) is 0. The molecule has 0 spiro atoms. The van der Waals surface area contributed by atoms with Crippen LogP contribution in [-0.2, 0) is 4.79 Å². The molecule has 3 aromatic carbocycles. The highest BCUT2D eigenvalue weighted by atomic mass is 16.3. The second-order valence-corrected chi connectivity index (χ2v) is 6.31. The maximum atomic E-state index is 12.9. The molecule has 27 heavy (non-hydrogen) atoms. The molecule has 0 aliphatic heterocycles. The molecular formula is C25H16O2. The minimum Gasteiger partial charge on any atom is -0.508 e. The summed E-state index contributed by atoms with van der Waals surface area (Å²) in [5, 5.41) is 9.60. The van der Waals surface area contributed by atoms with Crippen LogP contribution in [0.4, 0.5) is 0 Å². The van der Waals surface area contributed by atoms with E-state index in [0.29, 0.717) is 5.57 Å². The second-order valence-electron chi connectivity index (χ2n) is 6.31. The lowest BCUT2D eigenvalue weighted by Gasteiger charge is -2.13. The molecule has 0 amide bonds. The van der Waals surface area contributed by atoms with Crippen molar-refractivity contribution >= 4 is 22.5 Å². The third-order valence-electron chi connectivity index (χ3n) is 4.60. The van der Waals surface area contributed by atoms with Gasteiger partial charge >= 0.3 is 0 Å². The van der Waals surface area contributed by atoms with Crippen LogP contribution in [0.1, 0.15) is 22.3 Å². The highest BCUT2D eigenvalue weighted by Crippen LogP contribution is 2.43. The lowest BCUT2D eigenvalue weighted by Crippen LogP contribution is -1.96. The lowest BCUT2D eigenvalue weighted by molar-refractivity contribution is -0.109. The zero-order valence-corrected chi connectivity index (χ0v) is 14.5. The molecule has 1 aliphatic rings. The minimum absolute atomic E-state index is 0.0550. The van der Waals surface area contributed by atoms with Gasteiger partial charge in [0.1, 0.15) is 5.75 Å². The number of carbonyl (C=O) groups is 1. The van der Waals surface area contributed by atoms with E-state index in [2.05, 4.69) is 5.92 Å². The smallest absolute Gasteiger partial charge is 0.187 e. The first-order valence-corrected chi connectivity index (χ1v) is 8.60. The van der Waals surface area contributed by atoms with Crippen LogP contribution >= 0.6 is 0 Å². The Kier molecular flexibility index (Phi) is 4.20. The van der Waals surface area contributed by atoms with Gasteiger partial charge in [-0.15, -0.1) is 6.42 Å². The number of terminal acetylenes is 1. The first kappa shape index (κ1) is 16.6. The van der Waals surface area contributed by atoms with Crippen molar-refractivity contribution in [1.82, 2.24) is 0 Å². The predicted octanol–water partition coefficient (Wildman–Crippen LogP) is 4.95. The van der Waals surface area contributed by atoms with E-state index in [4.69, 9.17) is 6.42 Å². The van der Waals surface area contributed by atoms with Gasteiger partial charge in [-0.05, 0) is 52.6 Å². The number of phenols is 1. The number of benzene rings is 3. The average Bonchev–Trinajstić information content (AvgIpc) is 3.06. The van der Waals surface area contributed by atoms with Crippen molar-refractivity contribution in [2.45, 2.75) is 0 Å². The Bertz CT molecular complexity index is 1120. The van der Waals surface area contributed by atoms with Crippen molar-refractivity contribution < 1.29 is 9.90 Å². The summed E-state index contributed by atoms with van der Waals surface area (Å²) in [6.07, 6.45) is 7.22. The topological polar surface area (TPSA) is 37.3 Å². The number of hydrogen-bond donors (Lipinski definition) is 1. The van der Waals surface area contributed by atoms with Gasteiger partial charge in [-0.2, -0.15) is 0 Å². The number of hydrogen-bond acceptors (Lipinski definition) is 2. The van der Waals surface area contributed by atoms with Crippen LogP contribution in [0.15, 0.2) is 84.9 Å². The van der Waals surface area contributed by atoms with E-state index >= 15 is 0 Å². The van der Waals surface area contributed by atoms with Crippen molar-refractivity contribution in [2.24, 2.45) is 0 Å². The van der Waals surface area contributed by atoms with Crippen LogP contribution in [0.25, 0.3) is 16.7 Å². The Morgan fingerprint density at radius 1 is 0.741 bits per heavy atom. The Labute approximate surface area is 158 Å². The monoisotopic (exact) mass is 348 g/mol. The molecule has 0 atom stereocenters. The van der Waals surface area contributed by atoms with E-state index in [9.17, 15) is 9.90 Å². The predicted molar refractivity (Wildman–Crippen MR) is 109 cm³/mol. The minimum atomic E-state index is -0.0550. The molecule has 0 aromatic heterocycles. The molecule has 2 heteroatoms. The summed E-state index contributed by atoms with van der Waals surface area (Å²) < 4.78 is 0. The fraction of sp³-hybridized carbons (Fsp3) is 0. The van der Waals surface area contributed by atoms with Crippen LogP contribution in [0.3, 0.4) is 0 Å². The van der Waals surface area contributed by atoms with Crippen molar-refractivity contribution in [3.63, 3.8) is 0 Å². The van der Waals surface area contributed by atoms with E-state index in [1.807, 2.05) is 54.6 Å². The second kappa shape index (κ2) is 6.82. The molecule has 0 fully saturated rings. The summed E-state index contributed by atoms with van der Waals surface area (Å²) in [4.78, 5) is 12.9. The summed E-state index contributed by atoms with van der Waals surface area (Å²) in [6.45, 7) is 0. The number of carbonyl (C=O) groups excluding carboxylic acids is 1. The van der Waals surface area contributed by atoms with Gasteiger partial charge < -0.3 is 5.11 Å². The standard InChI is InChI=1S/C25H16O2/c1-2-17-7-6-10-20(15-17)22-16-23(27)25(19-11-13-21(26)14-12-19)24(22)18-8-4-3-5-9-18/h1,3-16,26H. The van der Waals surface area contributed by atoms with Gasteiger partial charge in [0.15, 0.2) is 5.78 Å². The van der Waals surface area contributed by atoms with Gasteiger partial charge in [0, 0.05) is 16.7 Å². The summed E-state index contributed by atoms with van der Waals surface area (Å²) in [6, 6.07) is 24.2. The molecule has 0 unspecified atom stereocenters. The van der Waals surface area contributed by atoms with Crippen LogP contribution in [0, 0.1) is 12.3 Å². The molecule has 2 nitrogen and oxygen atoms in total. The molecule has 3 aromatic rings. The number of aromatic hydroxyl groups is 1. The maximum Gasteiger partial charge on any atom is 0.187 e. The molecule has 0 heterocycles. The third kappa shape index (κ3) is 3.07. The fourth-order valence-electron chi connectivity index (χ4n) is 3.36. The van der Waals surface area contributed by atoms with Crippen LogP contribution in [0.2, 0.25) is 0 Å². The van der Waals surface area contributed by atoms with Crippen molar-refractivity contribution in [1.29, 1.82) is 0 Å². The summed E-state index contributed by atoms with van der Waals surface area (Å²) >= 11 is 0. The van der Waals surface area contributed by atoms with Crippen molar-refractivity contribution in [3.8, 4) is 18.1 Å². The Morgan fingerprint density at radius 3 is 2.11 bits per heavy atom. The van der Waals surface area contributed by atoms with Gasteiger partial charge in [-0.3, -0.25) is 4.79 Å². The van der Waals surface area contributed by atoms with Gasteiger partial charge in [-0.25, -0.2) is 0 Å². The van der Waals surface area contributed by atoms with Gasteiger partial charge in [-0.1, -0.05) is 60.5 Å². The molecular weight excluding hydrogens is 332 g/mol. The van der Waals surface area contributed by atoms with Gasteiger partial charge in [0.2, 0.25) is 0 Å². The number of allylic oxidation sites excluding steroid dienone is 4. The zero-order valence-electron chi connectivity index (χ0n) is 14.5. The number of rotatable bonds is 3. The van der Waals surface area contributed by atoms with E-state index in [0.717, 1.165) is 33.4 Å². The maximum absolute atomic E-state index is 12.9.